The van der Waals surface area contributed by atoms with Crippen LogP contribution >= 0.6 is 11.3 Å². The standard InChI is InChI=1S/C16H23N5OS/c22-16(17-7-3-9-20-10-8-18-19-20)21(15-4-1-2-5-15)12-14-6-11-23-13-14/h6,8,10-11,13,15H,1-5,7,9,12H2,(H,17,22). The second kappa shape index (κ2) is 8.10. The molecule has 0 unspecified atom stereocenters. The number of thiophene rings is 1. The second-order valence-corrected chi connectivity index (χ2v) is 6.73. The molecule has 1 saturated carbocycles. The molecule has 0 atom stereocenters. The number of hydrogen-bond acceptors (Lipinski definition) is 4. The first-order valence-electron chi connectivity index (χ1n) is 8.22. The predicted octanol–water partition coefficient (Wildman–Crippen LogP) is 2.88. The third-order valence-electron chi connectivity index (χ3n) is 4.27. The van der Waals surface area contributed by atoms with Crippen molar-refractivity contribution in [1.82, 2.24) is 25.2 Å². The first kappa shape index (κ1) is 16.0. The van der Waals surface area contributed by atoms with Crippen LogP contribution in [0.2, 0.25) is 0 Å². The molecule has 1 N–H and O–H groups in total. The molecule has 6 nitrogen and oxygen atoms in total. The first-order valence-corrected chi connectivity index (χ1v) is 9.17. The van der Waals surface area contributed by atoms with Gasteiger partial charge >= 0.3 is 6.03 Å². The lowest BCUT2D eigenvalue weighted by Crippen LogP contribution is -2.45. The lowest BCUT2D eigenvalue weighted by molar-refractivity contribution is 0.171. The summed E-state index contributed by atoms with van der Waals surface area (Å²) in [5.41, 5.74) is 1.22. The molecule has 0 spiro atoms. The maximum Gasteiger partial charge on any atom is 0.317 e. The van der Waals surface area contributed by atoms with Gasteiger partial charge in [-0.15, -0.1) is 5.10 Å². The van der Waals surface area contributed by atoms with Crippen LogP contribution in [0.3, 0.4) is 0 Å². The Balaban J connectivity index is 1.49. The monoisotopic (exact) mass is 333 g/mol. The molecule has 2 aromatic rings. The highest BCUT2D eigenvalue weighted by Gasteiger charge is 2.26. The molecule has 2 amide bonds. The molecule has 2 aromatic heterocycles. The molecular weight excluding hydrogens is 310 g/mol. The van der Waals surface area contributed by atoms with Gasteiger partial charge in [0.1, 0.15) is 0 Å². The van der Waals surface area contributed by atoms with Crippen molar-refractivity contribution >= 4 is 17.4 Å². The van der Waals surface area contributed by atoms with Crippen molar-refractivity contribution in [2.45, 2.75) is 51.2 Å². The van der Waals surface area contributed by atoms with Crippen LogP contribution in [0.1, 0.15) is 37.7 Å². The number of hydrogen-bond donors (Lipinski definition) is 1. The number of carbonyl (C=O) groups is 1. The van der Waals surface area contributed by atoms with Crippen molar-refractivity contribution in [2.75, 3.05) is 6.54 Å². The molecule has 1 fully saturated rings. The maximum atomic E-state index is 12.6. The lowest BCUT2D eigenvalue weighted by atomic mass is 10.2. The SMILES string of the molecule is O=C(NCCCn1ccnn1)N(Cc1ccsc1)C1CCCC1. The van der Waals surface area contributed by atoms with E-state index in [9.17, 15) is 4.79 Å². The largest absolute Gasteiger partial charge is 0.338 e. The molecule has 0 aliphatic heterocycles. The highest BCUT2D eigenvalue weighted by molar-refractivity contribution is 7.07. The van der Waals surface area contributed by atoms with E-state index >= 15 is 0 Å². The molecule has 1 aliphatic carbocycles. The Bertz CT molecular complexity index is 578. The fraction of sp³-hybridized carbons (Fsp3) is 0.562. The third kappa shape index (κ3) is 4.54. The smallest absolute Gasteiger partial charge is 0.317 e. The van der Waals surface area contributed by atoms with Gasteiger partial charge in [0, 0.05) is 31.9 Å². The van der Waals surface area contributed by atoms with Crippen molar-refractivity contribution in [3.63, 3.8) is 0 Å². The Hall–Kier alpha value is -1.89. The van der Waals surface area contributed by atoms with Crippen LogP contribution < -0.4 is 5.32 Å². The Labute approximate surface area is 140 Å². The summed E-state index contributed by atoms with van der Waals surface area (Å²) >= 11 is 1.68. The molecule has 2 heterocycles. The number of urea groups is 1. The van der Waals surface area contributed by atoms with Crippen molar-refractivity contribution in [3.8, 4) is 0 Å². The molecule has 1 aliphatic rings. The van der Waals surface area contributed by atoms with E-state index in [-0.39, 0.29) is 6.03 Å². The van der Waals surface area contributed by atoms with Gasteiger partial charge in [-0.3, -0.25) is 4.68 Å². The summed E-state index contributed by atoms with van der Waals surface area (Å²) in [5.74, 6) is 0. The van der Waals surface area contributed by atoms with Gasteiger partial charge in [-0.2, -0.15) is 11.3 Å². The topological polar surface area (TPSA) is 63.1 Å². The summed E-state index contributed by atoms with van der Waals surface area (Å²) in [7, 11) is 0. The number of amides is 2. The van der Waals surface area contributed by atoms with Gasteiger partial charge in [0.05, 0.1) is 6.20 Å². The van der Waals surface area contributed by atoms with Gasteiger partial charge < -0.3 is 10.2 Å². The lowest BCUT2D eigenvalue weighted by Gasteiger charge is -2.29. The Morgan fingerprint density at radius 1 is 1.43 bits per heavy atom. The molecule has 0 bridgehead atoms. The van der Waals surface area contributed by atoms with Gasteiger partial charge in [0.25, 0.3) is 0 Å². The first-order chi connectivity index (χ1) is 11.3. The van der Waals surface area contributed by atoms with Crippen LogP contribution in [0.5, 0.6) is 0 Å². The summed E-state index contributed by atoms with van der Waals surface area (Å²) in [6, 6.07) is 2.54. The number of aromatic nitrogens is 3. The number of carbonyl (C=O) groups excluding carboxylic acids is 1. The van der Waals surface area contributed by atoms with Gasteiger partial charge in [-0.1, -0.05) is 18.1 Å². The molecule has 7 heteroatoms. The van der Waals surface area contributed by atoms with Crippen molar-refractivity contribution in [2.24, 2.45) is 0 Å². The summed E-state index contributed by atoms with van der Waals surface area (Å²) in [6.07, 6.45) is 9.05. The maximum absolute atomic E-state index is 12.6. The Morgan fingerprint density at radius 2 is 2.30 bits per heavy atom. The van der Waals surface area contributed by atoms with Gasteiger partial charge in [0.2, 0.25) is 0 Å². The van der Waals surface area contributed by atoms with E-state index in [1.807, 2.05) is 11.1 Å². The van der Waals surface area contributed by atoms with E-state index < -0.39 is 0 Å². The van der Waals surface area contributed by atoms with Crippen LogP contribution in [0.15, 0.2) is 29.2 Å². The number of aryl methyl sites for hydroxylation is 1. The van der Waals surface area contributed by atoms with E-state index in [0.29, 0.717) is 19.1 Å². The summed E-state index contributed by atoms with van der Waals surface area (Å²) < 4.78 is 1.78. The summed E-state index contributed by atoms with van der Waals surface area (Å²) in [5, 5.41) is 15.0. The highest BCUT2D eigenvalue weighted by Crippen LogP contribution is 2.25. The number of nitrogens with one attached hydrogen (secondary N) is 1. The number of nitrogens with zero attached hydrogens (tertiary/aromatic N) is 4. The minimum Gasteiger partial charge on any atom is -0.338 e. The second-order valence-electron chi connectivity index (χ2n) is 5.95. The Morgan fingerprint density at radius 3 is 3.00 bits per heavy atom. The highest BCUT2D eigenvalue weighted by atomic mass is 32.1. The Kier molecular flexibility index (Phi) is 5.63. The third-order valence-corrected chi connectivity index (χ3v) is 5.00. The molecular formula is C16H23N5OS. The summed E-state index contributed by atoms with van der Waals surface area (Å²) in [4.78, 5) is 14.6. The molecule has 23 heavy (non-hydrogen) atoms. The molecule has 124 valence electrons. The zero-order chi connectivity index (χ0) is 15.9. The molecule has 3 rings (SSSR count). The van der Waals surface area contributed by atoms with E-state index in [1.165, 1.54) is 18.4 Å². The minimum atomic E-state index is 0.0571. The molecule has 0 aromatic carbocycles. The summed E-state index contributed by atoms with van der Waals surface area (Å²) in [6.45, 7) is 2.14. The fourth-order valence-corrected chi connectivity index (χ4v) is 3.71. The van der Waals surface area contributed by atoms with Gasteiger partial charge in [-0.05, 0) is 41.7 Å². The van der Waals surface area contributed by atoms with E-state index in [4.69, 9.17) is 0 Å². The van der Waals surface area contributed by atoms with Crippen LogP contribution in [0.25, 0.3) is 0 Å². The van der Waals surface area contributed by atoms with Crippen LogP contribution in [-0.4, -0.2) is 38.5 Å². The fourth-order valence-electron chi connectivity index (χ4n) is 3.05. The van der Waals surface area contributed by atoms with E-state index in [2.05, 4.69) is 32.5 Å². The minimum absolute atomic E-state index is 0.0571. The van der Waals surface area contributed by atoms with E-state index in [1.54, 1.807) is 22.2 Å². The van der Waals surface area contributed by atoms with Gasteiger partial charge in [-0.25, -0.2) is 4.79 Å². The average molecular weight is 333 g/mol. The van der Waals surface area contributed by atoms with Crippen LogP contribution in [0.4, 0.5) is 4.79 Å². The van der Waals surface area contributed by atoms with E-state index in [0.717, 1.165) is 25.8 Å². The molecule has 0 saturated heterocycles. The van der Waals surface area contributed by atoms with Crippen LogP contribution in [0, 0.1) is 0 Å². The van der Waals surface area contributed by atoms with Crippen molar-refractivity contribution in [1.29, 1.82) is 0 Å². The van der Waals surface area contributed by atoms with Crippen molar-refractivity contribution < 1.29 is 4.79 Å². The quantitative estimate of drug-likeness (QED) is 0.793. The van der Waals surface area contributed by atoms with Gasteiger partial charge in [0.15, 0.2) is 0 Å². The zero-order valence-electron chi connectivity index (χ0n) is 13.2. The van der Waals surface area contributed by atoms with Crippen LogP contribution in [-0.2, 0) is 13.1 Å². The normalized spacial score (nSPS) is 15.0. The average Bonchev–Trinajstić information content (AvgIpc) is 3.32. The predicted molar refractivity (Wildman–Crippen MR) is 90.2 cm³/mol. The molecule has 0 radical (unpaired) electrons. The number of rotatable bonds is 7. The zero-order valence-corrected chi connectivity index (χ0v) is 14.0. The van der Waals surface area contributed by atoms with Crippen molar-refractivity contribution in [3.05, 3.63) is 34.8 Å².